The molecule has 0 saturated heterocycles. The smallest absolute Gasteiger partial charge is 0.241 e. The summed E-state index contributed by atoms with van der Waals surface area (Å²) in [7, 11) is 0. The zero-order valence-electron chi connectivity index (χ0n) is 29.6. The molecule has 11 nitrogen and oxygen atoms in total. The Morgan fingerprint density at radius 1 is 0.745 bits per heavy atom. The Labute approximate surface area is 312 Å². The van der Waals surface area contributed by atoms with Crippen molar-refractivity contribution in [1.82, 2.24) is 28.9 Å². The maximum atomic E-state index is 12.7. The lowest BCUT2D eigenvalue weighted by molar-refractivity contribution is -0.136. The summed E-state index contributed by atoms with van der Waals surface area (Å²) in [4.78, 5) is 38.9. The van der Waals surface area contributed by atoms with Crippen molar-refractivity contribution in [3.63, 3.8) is 0 Å². The fourth-order valence-corrected chi connectivity index (χ4v) is 7.13. The molecule has 0 saturated carbocycles. The third-order valence-corrected chi connectivity index (χ3v) is 10.4. The van der Waals surface area contributed by atoms with E-state index in [0.717, 1.165) is 73.7 Å². The van der Waals surface area contributed by atoms with Gasteiger partial charge in [-0.05, 0) is 25.0 Å². The molecule has 6 rings (SSSR count). The lowest BCUT2D eigenvalue weighted by Crippen LogP contribution is -2.50. The summed E-state index contributed by atoms with van der Waals surface area (Å²) in [5.74, 6) is 2.64. The summed E-state index contributed by atoms with van der Waals surface area (Å²) in [6, 6.07) is 16.1. The van der Waals surface area contributed by atoms with Gasteiger partial charge in [0.2, 0.25) is 11.8 Å². The van der Waals surface area contributed by atoms with Crippen molar-refractivity contribution >= 4 is 37.1 Å². The van der Waals surface area contributed by atoms with Gasteiger partial charge in [-0.1, -0.05) is 82.0 Å². The van der Waals surface area contributed by atoms with Crippen molar-refractivity contribution in [2.45, 2.75) is 89.6 Å². The number of thiol groups is 2. The maximum absolute atomic E-state index is 12.7. The Balaban J connectivity index is 0.000000198. The first kappa shape index (κ1) is 38.5. The molecule has 2 aromatic heterocycles. The SMILES string of the molecule is CCCC[C@H]1c2nc(-c3ccccc3)cn2CCN1C(=O)[C@@H](N)CS.CCCC[C@H]1c2nc(-c3ccccc3O)cn2CCN1C(=O)[C@@H](N)CS. The quantitative estimate of drug-likeness (QED) is 0.121. The van der Waals surface area contributed by atoms with Crippen LogP contribution in [0.2, 0.25) is 0 Å². The topological polar surface area (TPSA) is 149 Å². The number of hydrogen-bond donors (Lipinski definition) is 5. The largest absolute Gasteiger partial charge is 0.507 e. The highest BCUT2D eigenvalue weighted by atomic mass is 32.1. The number of hydrogen-bond acceptors (Lipinski definition) is 9. The second-order valence-electron chi connectivity index (χ2n) is 13.2. The summed E-state index contributed by atoms with van der Waals surface area (Å²) < 4.78 is 4.29. The van der Waals surface area contributed by atoms with Gasteiger partial charge in [0.05, 0.1) is 35.6 Å². The molecule has 2 aliphatic rings. The highest BCUT2D eigenvalue weighted by molar-refractivity contribution is 7.80. The molecule has 51 heavy (non-hydrogen) atoms. The van der Waals surface area contributed by atoms with Crippen LogP contribution in [0, 0.1) is 0 Å². The predicted molar refractivity (Wildman–Crippen MR) is 209 cm³/mol. The molecule has 2 amide bonds. The number of aromatic hydroxyl groups is 1. The third-order valence-electron chi connectivity index (χ3n) is 9.63. The zero-order chi connectivity index (χ0) is 36.5. The number of nitrogens with two attached hydrogens (primary N) is 2. The van der Waals surface area contributed by atoms with E-state index >= 15 is 0 Å². The van der Waals surface area contributed by atoms with Gasteiger partial charge in [-0.3, -0.25) is 9.59 Å². The standard InChI is InChI=1S/C19H26N4O2S.C19H26N4OS/c1-2-3-7-16-18-21-15(13-6-4-5-8-17(13)24)11-22(18)9-10-23(16)19(25)14(20)12-26;1-2-3-9-17-18-21-16(14-7-5-4-6-8-14)12-22(18)10-11-23(17)19(24)15(20)13-25/h4-6,8,11,14,16,24,26H,2-3,7,9-10,12,20H2,1H3;4-8,12,15,17,25H,2-3,9-11,13,20H2,1H3/t14-,16-;15-,17-/m00/s1. The molecular formula is C38H52N8O3S2. The Morgan fingerprint density at radius 2 is 1.22 bits per heavy atom. The normalized spacial score (nSPS) is 17.9. The number of phenolic OH excluding ortho intramolecular Hbond substituents is 1. The number of amides is 2. The summed E-state index contributed by atoms with van der Waals surface area (Å²) in [5, 5.41) is 10.1. The van der Waals surface area contributed by atoms with Gasteiger partial charge < -0.3 is 35.5 Å². The van der Waals surface area contributed by atoms with Crippen molar-refractivity contribution in [1.29, 1.82) is 0 Å². The summed E-state index contributed by atoms with van der Waals surface area (Å²) in [6.45, 7) is 7.00. The van der Waals surface area contributed by atoms with Crippen LogP contribution in [0.3, 0.4) is 0 Å². The molecule has 4 atom stereocenters. The van der Waals surface area contributed by atoms with E-state index in [0.29, 0.717) is 36.7 Å². The highest BCUT2D eigenvalue weighted by Crippen LogP contribution is 2.35. The van der Waals surface area contributed by atoms with Crippen LogP contribution in [-0.2, 0) is 22.7 Å². The van der Waals surface area contributed by atoms with Crippen molar-refractivity contribution in [2.24, 2.45) is 11.5 Å². The number of fused-ring (bicyclic) bond motifs is 2. The van der Waals surface area contributed by atoms with Gasteiger partial charge in [0.1, 0.15) is 17.4 Å². The number of nitrogens with zero attached hydrogens (tertiary/aromatic N) is 6. The molecule has 0 aliphatic carbocycles. The Hall–Kier alpha value is -3.78. The predicted octanol–water partition coefficient (Wildman–Crippen LogP) is 5.47. The van der Waals surface area contributed by atoms with Crippen molar-refractivity contribution in [3.8, 4) is 28.3 Å². The minimum atomic E-state index is -0.596. The van der Waals surface area contributed by atoms with E-state index in [1.165, 1.54) is 0 Å². The van der Waals surface area contributed by atoms with Gasteiger partial charge in [-0.2, -0.15) is 25.3 Å². The van der Waals surface area contributed by atoms with Gasteiger partial charge in [0, 0.05) is 61.2 Å². The second-order valence-corrected chi connectivity index (χ2v) is 13.9. The molecule has 0 unspecified atom stereocenters. The molecule has 2 aliphatic heterocycles. The maximum Gasteiger partial charge on any atom is 0.241 e. The molecule has 0 radical (unpaired) electrons. The fraction of sp³-hybridized carbons (Fsp3) is 0.474. The van der Waals surface area contributed by atoms with E-state index < -0.39 is 12.1 Å². The molecule has 5 N–H and O–H groups in total. The number of benzene rings is 2. The number of rotatable bonds is 12. The summed E-state index contributed by atoms with van der Waals surface area (Å²) in [6.07, 6.45) is 10.0. The van der Waals surface area contributed by atoms with E-state index in [1.54, 1.807) is 12.1 Å². The number of phenols is 1. The summed E-state index contributed by atoms with van der Waals surface area (Å²) >= 11 is 8.36. The van der Waals surface area contributed by atoms with Gasteiger partial charge in [0.15, 0.2) is 0 Å². The van der Waals surface area contributed by atoms with E-state index in [2.05, 4.69) is 66.6 Å². The lowest BCUT2D eigenvalue weighted by Gasteiger charge is -2.37. The van der Waals surface area contributed by atoms with Crippen LogP contribution in [0.25, 0.3) is 22.5 Å². The van der Waals surface area contributed by atoms with Crippen LogP contribution in [0.1, 0.15) is 76.1 Å². The number of para-hydroxylation sites is 1. The van der Waals surface area contributed by atoms with E-state index in [-0.39, 0.29) is 29.6 Å². The van der Waals surface area contributed by atoms with Crippen molar-refractivity contribution in [3.05, 3.63) is 78.6 Å². The van der Waals surface area contributed by atoms with Gasteiger partial charge in [-0.25, -0.2) is 9.97 Å². The van der Waals surface area contributed by atoms with Crippen molar-refractivity contribution in [2.75, 3.05) is 24.6 Å². The number of carbonyl (C=O) groups is 2. The average Bonchev–Trinajstić information content (AvgIpc) is 3.81. The minimum Gasteiger partial charge on any atom is -0.507 e. The molecule has 13 heteroatoms. The third kappa shape index (κ3) is 8.82. The van der Waals surface area contributed by atoms with Crippen LogP contribution >= 0.6 is 25.3 Å². The number of imidazole rings is 2. The van der Waals surface area contributed by atoms with E-state index in [1.807, 2.05) is 46.3 Å². The van der Waals surface area contributed by atoms with Gasteiger partial charge >= 0.3 is 0 Å². The molecular weight excluding hydrogens is 681 g/mol. The summed E-state index contributed by atoms with van der Waals surface area (Å²) in [5.41, 5.74) is 15.4. The molecule has 0 fully saturated rings. The molecule has 0 bridgehead atoms. The number of aromatic nitrogens is 4. The molecule has 4 heterocycles. The zero-order valence-corrected chi connectivity index (χ0v) is 31.4. The minimum absolute atomic E-state index is 0.00963. The fourth-order valence-electron chi connectivity index (χ4n) is 6.81. The molecule has 0 spiro atoms. The van der Waals surface area contributed by atoms with Crippen LogP contribution in [-0.4, -0.2) is 82.5 Å². The van der Waals surface area contributed by atoms with Crippen LogP contribution in [0.15, 0.2) is 67.0 Å². The van der Waals surface area contributed by atoms with Crippen LogP contribution in [0.4, 0.5) is 0 Å². The first-order valence-corrected chi connectivity index (χ1v) is 19.3. The Bertz CT molecular complexity index is 1750. The van der Waals surface area contributed by atoms with E-state index in [4.69, 9.17) is 21.4 Å². The van der Waals surface area contributed by atoms with Gasteiger partial charge in [0.25, 0.3) is 0 Å². The first-order valence-electron chi connectivity index (χ1n) is 18.0. The van der Waals surface area contributed by atoms with Crippen LogP contribution < -0.4 is 11.5 Å². The number of carbonyl (C=O) groups excluding carboxylic acids is 2. The van der Waals surface area contributed by atoms with E-state index in [9.17, 15) is 14.7 Å². The lowest BCUT2D eigenvalue weighted by atomic mass is 10.0. The average molecular weight is 733 g/mol. The molecule has 2 aromatic carbocycles. The second kappa shape index (κ2) is 18.1. The van der Waals surface area contributed by atoms with Crippen LogP contribution in [0.5, 0.6) is 5.75 Å². The monoisotopic (exact) mass is 732 g/mol. The Kier molecular flexibility index (Phi) is 13.7. The molecule has 274 valence electrons. The highest BCUT2D eigenvalue weighted by Gasteiger charge is 2.36. The first-order chi connectivity index (χ1) is 24.7. The Morgan fingerprint density at radius 3 is 1.71 bits per heavy atom. The van der Waals surface area contributed by atoms with Gasteiger partial charge in [-0.15, -0.1) is 0 Å². The number of unbranched alkanes of at least 4 members (excludes halogenated alkanes) is 2. The van der Waals surface area contributed by atoms with Crippen molar-refractivity contribution < 1.29 is 14.7 Å². The molecule has 4 aromatic rings.